The molecule has 0 amide bonds. The fraction of sp³-hybridized carbons (Fsp3) is 0.200. The quantitative estimate of drug-likeness (QED) is 0.885. The van der Waals surface area contributed by atoms with Crippen LogP contribution in [0.4, 0.5) is 4.39 Å². The number of halogens is 3. The first-order valence-electron chi connectivity index (χ1n) is 6.09. The molecule has 0 aromatic heterocycles. The van der Waals surface area contributed by atoms with Gasteiger partial charge in [0.25, 0.3) is 0 Å². The summed E-state index contributed by atoms with van der Waals surface area (Å²) in [7, 11) is 0. The van der Waals surface area contributed by atoms with Gasteiger partial charge in [-0.15, -0.1) is 0 Å². The lowest BCUT2D eigenvalue weighted by atomic mass is 10.1. The summed E-state index contributed by atoms with van der Waals surface area (Å²) in [5, 5.41) is 0.936. The summed E-state index contributed by atoms with van der Waals surface area (Å²) in [4.78, 5) is 0. The summed E-state index contributed by atoms with van der Waals surface area (Å²) >= 11 is 11.9. The monoisotopic (exact) mass is 313 g/mol. The summed E-state index contributed by atoms with van der Waals surface area (Å²) < 4.78 is 18.7. The van der Waals surface area contributed by atoms with Gasteiger partial charge in [0.15, 0.2) is 0 Å². The SMILES string of the molecule is CC(N)c1cc(Cl)ccc1OCc1ccc(F)cc1Cl. The molecule has 2 rings (SSSR count). The van der Waals surface area contributed by atoms with Crippen molar-refractivity contribution in [2.45, 2.75) is 19.6 Å². The van der Waals surface area contributed by atoms with Crippen LogP contribution in [0, 0.1) is 5.82 Å². The minimum Gasteiger partial charge on any atom is -0.489 e. The van der Waals surface area contributed by atoms with Gasteiger partial charge in [0.05, 0.1) is 5.02 Å². The van der Waals surface area contributed by atoms with Gasteiger partial charge in [-0.2, -0.15) is 0 Å². The molecular weight excluding hydrogens is 300 g/mol. The zero-order valence-corrected chi connectivity index (χ0v) is 12.4. The van der Waals surface area contributed by atoms with E-state index in [2.05, 4.69) is 0 Å². The molecule has 0 fully saturated rings. The smallest absolute Gasteiger partial charge is 0.124 e. The highest BCUT2D eigenvalue weighted by Gasteiger charge is 2.10. The van der Waals surface area contributed by atoms with Crippen molar-refractivity contribution in [3.63, 3.8) is 0 Å². The molecule has 0 heterocycles. The van der Waals surface area contributed by atoms with E-state index in [1.807, 2.05) is 6.92 Å². The highest BCUT2D eigenvalue weighted by molar-refractivity contribution is 6.31. The van der Waals surface area contributed by atoms with Gasteiger partial charge < -0.3 is 10.5 Å². The Morgan fingerprint density at radius 2 is 1.95 bits per heavy atom. The standard InChI is InChI=1S/C15H14Cl2FNO/c1-9(19)13-6-11(16)3-5-15(13)20-8-10-2-4-12(18)7-14(10)17/h2-7,9H,8,19H2,1H3. The molecule has 2 N–H and O–H groups in total. The number of rotatable bonds is 4. The highest BCUT2D eigenvalue weighted by Crippen LogP contribution is 2.28. The van der Waals surface area contributed by atoms with E-state index in [4.69, 9.17) is 33.7 Å². The predicted octanol–water partition coefficient (Wildman–Crippen LogP) is 4.73. The Bertz CT molecular complexity index is 617. The molecule has 5 heteroatoms. The van der Waals surface area contributed by atoms with Crippen LogP contribution in [-0.2, 0) is 6.61 Å². The third-order valence-corrected chi connectivity index (χ3v) is 3.45. The largest absolute Gasteiger partial charge is 0.489 e. The van der Waals surface area contributed by atoms with Crippen molar-refractivity contribution in [3.8, 4) is 5.75 Å². The van der Waals surface area contributed by atoms with Gasteiger partial charge in [0, 0.05) is 22.2 Å². The zero-order chi connectivity index (χ0) is 14.7. The number of ether oxygens (including phenoxy) is 1. The van der Waals surface area contributed by atoms with Crippen LogP contribution < -0.4 is 10.5 Å². The average molecular weight is 314 g/mol. The van der Waals surface area contributed by atoms with Gasteiger partial charge in [-0.3, -0.25) is 0 Å². The third-order valence-electron chi connectivity index (χ3n) is 2.86. The summed E-state index contributed by atoms with van der Waals surface area (Å²) in [5.74, 6) is 0.270. The molecule has 0 spiro atoms. The van der Waals surface area contributed by atoms with Crippen LogP contribution in [0.5, 0.6) is 5.75 Å². The number of nitrogens with two attached hydrogens (primary N) is 1. The van der Waals surface area contributed by atoms with Crippen LogP contribution in [-0.4, -0.2) is 0 Å². The van der Waals surface area contributed by atoms with Gasteiger partial charge >= 0.3 is 0 Å². The van der Waals surface area contributed by atoms with E-state index in [1.54, 1.807) is 24.3 Å². The molecule has 2 aromatic rings. The van der Waals surface area contributed by atoms with E-state index in [1.165, 1.54) is 12.1 Å². The van der Waals surface area contributed by atoms with Crippen LogP contribution in [0.15, 0.2) is 36.4 Å². The fourth-order valence-electron chi connectivity index (χ4n) is 1.80. The maximum Gasteiger partial charge on any atom is 0.124 e. The van der Waals surface area contributed by atoms with Crippen molar-refractivity contribution >= 4 is 23.2 Å². The minimum absolute atomic E-state index is 0.201. The summed E-state index contributed by atoms with van der Waals surface area (Å²) in [5.41, 5.74) is 7.41. The molecule has 0 saturated heterocycles. The molecule has 0 aliphatic heterocycles. The highest BCUT2D eigenvalue weighted by atomic mass is 35.5. The maximum absolute atomic E-state index is 13.0. The van der Waals surface area contributed by atoms with Gasteiger partial charge in [-0.05, 0) is 37.3 Å². The topological polar surface area (TPSA) is 35.2 Å². The molecule has 2 aromatic carbocycles. The van der Waals surface area contributed by atoms with Crippen molar-refractivity contribution in [2.75, 3.05) is 0 Å². The zero-order valence-electron chi connectivity index (χ0n) is 10.9. The minimum atomic E-state index is -0.374. The Morgan fingerprint density at radius 1 is 1.20 bits per heavy atom. The molecule has 106 valence electrons. The van der Waals surface area contributed by atoms with Gasteiger partial charge in [-0.25, -0.2) is 4.39 Å². The van der Waals surface area contributed by atoms with Gasteiger partial charge in [0.1, 0.15) is 18.2 Å². The second-order valence-electron chi connectivity index (χ2n) is 4.50. The van der Waals surface area contributed by atoms with Crippen molar-refractivity contribution in [2.24, 2.45) is 5.73 Å². The van der Waals surface area contributed by atoms with E-state index >= 15 is 0 Å². The lowest BCUT2D eigenvalue weighted by Crippen LogP contribution is -2.08. The van der Waals surface area contributed by atoms with E-state index in [0.717, 1.165) is 5.56 Å². The molecular formula is C15H14Cl2FNO. The van der Waals surface area contributed by atoms with Crippen molar-refractivity contribution < 1.29 is 9.13 Å². The van der Waals surface area contributed by atoms with Crippen LogP contribution in [0.3, 0.4) is 0 Å². The fourth-order valence-corrected chi connectivity index (χ4v) is 2.20. The Hall–Kier alpha value is -1.29. The molecule has 20 heavy (non-hydrogen) atoms. The van der Waals surface area contributed by atoms with Crippen molar-refractivity contribution in [3.05, 3.63) is 63.4 Å². The Labute approximate surface area is 127 Å². The molecule has 1 atom stereocenters. The van der Waals surface area contributed by atoms with Crippen molar-refractivity contribution in [1.29, 1.82) is 0 Å². The van der Waals surface area contributed by atoms with Gasteiger partial charge in [0.2, 0.25) is 0 Å². The molecule has 0 radical (unpaired) electrons. The average Bonchev–Trinajstić information content (AvgIpc) is 2.38. The second kappa shape index (κ2) is 6.44. The van der Waals surface area contributed by atoms with E-state index < -0.39 is 0 Å². The van der Waals surface area contributed by atoms with Crippen LogP contribution in [0.2, 0.25) is 10.0 Å². The molecule has 0 bridgehead atoms. The first kappa shape index (κ1) is 15.1. The van der Waals surface area contributed by atoms with E-state index in [-0.39, 0.29) is 18.5 Å². The number of hydrogen-bond donors (Lipinski definition) is 1. The van der Waals surface area contributed by atoms with E-state index in [9.17, 15) is 4.39 Å². The Kier molecular flexibility index (Phi) is 4.86. The first-order valence-corrected chi connectivity index (χ1v) is 6.84. The summed E-state index contributed by atoms with van der Waals surface area (Å²) in [6.07, 6.45) is 0. The van der Waals surface area contributed by atoms with Crippen LogP contribution >= 0.6 is 23.2 Å². The number of benzene rings is 2. The lowest BCUT2D eigenvalue weighted by Gasteiger charge is -2.15. The summed E-state index contributed by atoms with van der Waals surface area (Å²) in [6, 6.07) is 9.26. The molecule has 1 unspecified atom stereocenters. The molecule has 0 aliphatic carbocycles. The lowest BCUT2D eigenvalue weighted by molar-refractivity contribution is 0.301. The Balaban J connectivity index is 2.18. The third kappa shape index (κ3) is 3.63. The molecule has 0 aliphatic rings. The van der Waals surface area contributed by atoms with E-state index in [0.29, 0.717) is 21.4 Å². The van der Waals surface area contributed by atoms with Crippen molar-refractivity contribution in [1.82, 2.24) is 0 Å². The normalized spacial score (nSPS) is 12.2. The summed E-state index contributed by atoms with van der Waals surface area (Å²) in [6.45, 7) is 2.09. The Morgan fingerprint density at radius 3 is 2.60 bits per heavy atom. The molecule has 0 saturated carbocycles. The van der Waals surface area contributed by atoms with Crippen LogP contribution in [0.1, 0.15) is 24.1 Å². The predicted molar refractivity (Wildman–Crippen MR) is 79.8 cm³/mol. The maximum atomic E-state index is 13.0. The second-order valence-corrected chi connectivity index (χ2v) is 5.34. The van der Waals surface area contributed by atoms with Crippen LogP contribution in [0.25, 0.3) is 0 Å². The first-order chi connectivity index (χ1) is 9.47. The van der Waals surface area contributed by atoms with Gasteiger partial charge in [-0.1, -0.05) is 29.3 Å². The number of hydrogen-bond acceptors (Lipinski definition) is 2. The molecule has 2 nitrogen and oxygen atoms in total.